The monoisotopic (exact) mass is 814 g/mol. The third kappa shape index (κ3) is 6.61. The maximum atomic E-state index is 2.38. The molecule has 300 valence electrons. The first-order valence-electron chi connectivity index (χ1n) is 22.0. The van der Waals surface area contributed by atoms with Crippen molar-refractivity contribution < 1.29 is 0 Å². The Morgan fingerprint density at radius 3 is 1.50 bits per heavy atom. The molecule has 0 fully saturated rings. The van der Waals surface area contributed by atoms with Gasteiger partial charge in [0.15, 0.2) is 0 Å². The zero-order chi connectivity index (χ0) is 42.4. The van der Waals surface area contributed by atoms with Gasteiger partial charge in [-0.25, -0.2) is 0 Å². The lowest BCUT2D eigenvalue weighted by Crippen LogP contribution is -2.10. The number of fused-ring (bicyclic) bond motifs is 6. The molecule has 0 atom stereocenters. The minimum Gasteiger partial charge on any atom is -0.310 e. The summed E-state index contributed by atoms with van der Waals surface area (Å²) in [5, 5.41) is 7.56. The van der Waals surface area contributed by atoms with E-state index in [1.54, 1.807) is 0 Å². The van der Waals surface area contributed by atoms with Crippen molar-refractivity contribution in [3.8, 4) is 50.2 Å². The maximum Gasteiger partial charge on any atom is 0.0541 e. The highest BCUT2D eigenvalue weighted by atomic mass is 15.1. The predicted molar refractivity (Wildman–Crippen MR) is 272 cm³/mol. The zero-order valence-electron chi connectivity index (χ0n) is 35.1. The van der Waals surface area contributed by atoms with Crippen molar-refractivity contribution in [2.24, 2.45) is 0 Å². The quantitative estimate of drug-likeness (QED) is 0.139. The van der Waals surface area contributed by atoms with Crippen molar-refractivity contribution in [1.29, 1.82) is 0 Å². The van der Waals surface area contributed by atoms with Crippen LogP contribution < -0.4 is 4.90 Å². The normalized spacial score (nSPS) is 11.4. The highest BCUT2D eigenvalue weighted by Gasteiger charge is 2.17. The standard InChI is InChI=1S/C62H42N2/c1-3-13-43(14-4-1)44-25-27-45(28-26-44)46-29-35-52(36-30-46)63(53-37-31-48(32-38-53)56-22-12-23-57-55-20-8-7-15-47(55)33-39-58(56)57)54-19-11-16-49(41-54)50-34-40-62-60(42-50)59-21-9-10-24-61(59)64(62)51-17-5-2-6-18-51/h1-42H. The van der Waals surface area contributed by atoms with E-state index in [4.69, 9.17) is 0 Å². The number of para-hydroxylation sites is 2. The lowest BCUT2D eigenvalue weighted by molar-refractivity contribution is 1.18. The van der Waals surface area contributed by atoms with Gasteiger partial charge in [-0.2, -0.15) is 0 Å². The van der Waals surface area contributed by atoms with Crippen molar-refractivity contribution in [2.45, 2.75) is 0 Å². The number of nitrogens with zero attached hydrogens (tertiary/aromatic N) is 2. The Kier molecular flexibility index (Phi) is 9.20. The van der Waals surface area contributed by atoms with Gasteiger partial charge in [0.05, 0.1) is 11.0 Å². The summed E-state index contributed by atoms with van der Waals surface area (Å²) in [6.45, 7) is 0. The molecule has 0 amide bonds. The number of hydrogen-bond donors (Lipinski definition) is 0. The largest absolute Gasteiger partial charge is 0.310 e. The van der Waals surface area contributed by atoms with Crippen LogP contribution in [0, 0.1) is 0 Å². The average Bonchev–Trinajstić information content (AvgIpc) is 3.71. The van der Waals surface area contributed by atoms with Gasteiger partial charge in [-0.15, -0.1) is 0 Å². The molecule has 1 heterocycles. The molecule has 0 unspecified atom stereocenters. The van der Waals surface area contributed by atoms with Gasteiger partial charge in [0.1, 0.15) is 0 Å². The van der Waals surface area contributed by atoms with Gasteiger partial charge < -0.3 is 9.47 Å². The van der Waals surface area contributed by atoms with Crippen LogP contribution in [0.15, 0.2) is 255 Å². The molecule has 0 aliphatic rings. The van der Waals surface area contributed by atoms with Gasteiger partial charge in [-0.05, 0) is 133 Å². The molecular weight excluding hydrogens is 773 g/mol. The molecule has 64 heavy (non-hydrogen) atoms. The number of anilines is 3. The van der Waals surface area contributed by atoms with E-state index in [1.807, 2.05) is 0 Å². The van der Waals surface area contributed by atoms with Crippen LogP contribution in [-0.4, -0.2) is 4.57 Å². The summed E-state index contributed by atoms with van der Waals surface area (Å²) in [6.07, 6.45) is 0. The molecule has 2 heteroatoms. The van der Waals surface area contributed by atoms with Crippen LogP contribution in [0.4, 0.5) is 17.1 Å². The van der Waals surface area contributed by atoms with Crippen LogP contribution in [0.3, 0.4) is 0 Å². The Labute approximate surface area is 373 Å². The molecule has 12 aromatic rings. The van der Waals surface area contributed by atoms with Crippen molar-refractivity contribution in [2.75, 3.05) is 4.90 Å². The number of hydrogen-bond acceptors (Lipinski definition) is 1. The van der Waals surface area contributed by atoms with Crippen molar-refractivity contribution >= 4 is 60.4 Å². The summed E-state index contributed by atoms with van der Waals surface area (Å²) in [4.78, 5) is 2.38. The number of aromatic nitrogens is 1. The van der Waals surface area contributed by atoms with E-state index < -0.39 is 0 Å². The highest BCUT2D eigenvalue weighted by molar-refractivity contribution is 6.12. The van der Waals surface area contributed by atoms with Gasteiger partial charge in [0.25, 0.3) is 0 Å². The topological polar surface area (TPSA) is 8.17 Å². The average molecular weight is 815 g/mol. The molecule has 0 aliphatic heterocycles. The van der Waals surface area contributed by atoms with E-state index >= 15 is 0 Å². The number of benzene rings is 11. The Bertz CT molecular complexity index is 3620. The Morgan fingerprint density at radius 1 is 0.250 bits per heavy atom. The predicted octanol–water partition coefficient (Wildman–Crippen LogP) is 17.2. The van der Waals surface area contributed by atoms with Crippen LogP contribution in [0.1, 0.15) is 0 Å². The molecular formula is C62H42N2. The fourth-order valence-electron chi connectivity index (χ4n) is 9.65. The van der Waals surface area contributed by atoms with Crippen LogP contribution in [-0.2, 0) is 0 Å². The van der Waals surface area contributed by atoms with E-state index in [1.165, 1.54) is 82.3 Å². The molecule has 0 bridgehead atoms. The first-order valence-corrected chi connectivity index (χ1v) is 22.0. The zero-order valence-corrected chi connectivity index (χ0v) is 35.1. The fraction of sp³-hybridized carbons (Fsp3) is 0. The van der Waals surface area contributed by atoms with Crippen LogP contribution in [0.25, 0.3) is 93.5 Å². The maximum absolute atomic E-state index is 2.38. The highest BCUT2D eigenvalue weighted by Crippen LogP contribution is 2.41. The van der Waals surface area contributed by atoms with E-state index in [9.17, 15) is 0 Å². The summed E-state index contributed by atoms with van der Waals surface area (Å²) in [5.41, 5.74) is 16.4. The van der Waals surface area contributed by atoms with Crippen molar-refractivity contribution in [3.63, 3.8) is 0 Å². The van der Waals surface area contributed by atoms with Crippen LogP contribution in [0.5, 0.6) is 0 Å². The Morgan fingerprint density at radius 2 is 0.766 bits per heavy atom. The minimum atomic E-state index is 1.09. The van der Waals surface area contributed by atoms with E-state index in [-0.39, 0.29) is 0 Å². The third-order valence-electron chi connectivity index (χ3n) is 12.8. The van der Waals surface area contributed by atoms with Crippen molar-refractivity contribution in [3.05, 3.63) is 255 Å². The summed E-state index contributed by atoms with van der Waals surface area (Å²) in [6, 6.07) is 92.6. The summed E-state index contributed by atoms with van der Waals surface area (Å²) >= 11 is 0. The molecule has 11 aromatic carbocycles. The molecule has 0 N–H and O–H groups in total. The van der Waals surface area contributed by atoms with Gasteiger partial charge in [-0.3, -0.25) is 0 Å². The molecule has 0 saturated heterocycles. The Balaban J connectivity index is 0.947. The molecule has 0 spiro atoms. The van der Waals surface area contributed by atoms with Crippen LogP contribution >= 0.6 is 0 Å². The van der Waals surface area contributed by atoms with E-state index in [0.717, 1.165) is 28.3 Å². The summed E-state index contributed by atoms with van der Waals surface area (Å²) in [7, 11) is 0. The van der Waals surface area contributed by atoms with Gasteiger partial charge in [-0.1, -0.05) is 188 Å². The van der Waals surface area contributed by atoms with E-state index in [2.05, 4.69) is 264 Å². The second kappa shape index (κ2) is 15.8. The minimum absolute atomic E-state index is 1.09. The molecule has 0 saturated carbocycles. The SMILES string of the molecule is c1ccc(-c2ccc(-c3ccc(N(c4ccc(-c5cccc6c5ccc5ccccc56)cc4)c4cccc(-c5ccc6c(c5)c5ccccc5n6-c5ccccc5)c4)cc3)cc2)cc1. The van der Waals surface area contributed by atoms with Crippen molar-refractivity contribution in [1.82, 2.24) is 4.57 Å². The second-order valence-corrected chi connectivity index (χ2v) is 16.5. The molecule has 12 rings (SSSR count). The van der Waals surface area contributed by atoms with Crippen LogP contribution in [0.2, 0.25) is 0 Å². The van der Waals surface area contributed by atoms with Gasteiger partial charge >= 0.3 is 0 Å². The molecule has 1 aromatic heterocycles. The molecule has 0 radical (unpaired) electrons. The molecule has 2 nitrogen and oxygen atoms in total. The lowest BCUT2D eigenvalue weighted by Gasteiger charge is -2.26. The van der Waals surface area contributed by atoms with E-state index in [0.29, 0.717) is 0 Å². The lowest BCUT2D eigenvalue weighted by atomic mass is 9.94. The molecule has 0 aliphatic carbocycles. The fourth-order valence-corrected chi connectivity index (χ4v) is 9.65. The van der Waals surface area contributed by atoms with Gasteiger partial charge in [0, 0.05) is 33.5 Å². The third-order valence-corrected chi connectivity index (χ3v) is 12.8. The Hall–Kier alpha value is -8.46. The second-order valence-electron chi connectivity index (χ2n) is 16.5. The first kappa shape index (κ1) is 37.3. The first-order chi connectivity index (χ1) is 31.7. The summed E-state index contributed by atoms with van der Waals surface area (Å²) in [5.74, 6) is 0. The smallest absolute Gasteiger partial charge is 0.0541 e. The summed E-state index contributed by atoms with van der Waals surface area (Å²) < 4.78 is 2.37. The number of rotatable bonds is 8. The van der Waals surface area contributed by atoms with Gasteiger partial charge in [0.2, 0.25) is 0 Å².